The van der Waals surface area contributed by atoms with Gasteiger partial charge in [-0.2, -0.15) is 10.2 Å². The summed E-state index contributed by atoms with van der Waals surface area (Å²) in [5, 5.41) is 13.0. The van der Waals surface area contributed by atoms with Crippen molar-refractivity contribution in [3.8, 4) is 0 Å². The van der Waals surface area contributed by atoms with Crippen molar-refractivity contribution in [2.45, 2.75) is 91.1 Å². The van der Waals surface area contributed by atoms with E-state index in [1.165, 1.54) is 25.9 Å². The van der Waals surface area contributed by atoms with E-state index >= 15 is 0 Å². The van der Waals surface area contributed by atoms with Gasteiger partial charge in [-0.25, -0.2) is 35.8 Å². The molecule has 8 heterocycles. The molecule has 2 atom stereocenters. The molecular weight excluding hydrogens is 976 g/mol. The van der Waals surface area contributed by atoms with Gasteiger partial charge in [-0.1, -0.05) is 34.9 Å². The van der Waals surface area contributed by atoms with Gasteiger partial charge in [0.25, 0.3) is 11.8 Å². The molecule has 4 fully saturated rings. The zero-order chi connectivity index (χ0) is 49.2. The topological polar surface area (TPSA) is 209 Å². The number of nitrogens with zero attached hydrogens (tertiary/aromatic N) is 9. The van der Waals surface area contributed by atoms with Crippen LogP contribution in [0.5, 0.6) is 0 Å². The number of fused-ring (bicyclic) bond motifs is 2. The largest absolute Gasteiger partial charge is 0.356 e. The molecule has 10 rings (SSSR count). The molecule has 2 amide bonds. The maximum Gasteiger partial charge on any atom is 0.256 e. The highest BCUT2D eigenvalue weighted by Crippen LogP contribution is 2.36. The van der Waals surface area contributed by atoms with E-state index < -0.39 is 20.0 Å². The van der Waals surface area contributed by atoms with E-state index in [9.17, 15) is 26.4 Å². The summed E-state index contributed by atoms with van der Waals surface area (Å²) in [6, 6.07) is 13.7. The van der Waals surface area contributed by atoms with Gasteiger partial charge >= 0.3 is 0 Å². The van der Waals surface area contributed by atoms with Crippen LogP contribution in [0.3, 0.4) is 0 Å². The van der Waals surface area contributed by atoms with Crippen molar-refractivity contribution in [3.05, 3.63) is 111 Å². The van der Waals surface area contributed by atoms with Gasteiger partial charge in [0.05, 0.1) is 58.5 Å². The number of anilines is 3. The lowest BCUT2D eigenvalue weighted by Crippen LogP contribution is -2.39. The van der Waals surface area contributed by atoms with Gasteiger partial charge in [-0.15, -0.1) is 12.4 Å². The minimum Gasteiger partial charge on any atom is -0.356 e. The lowest BCUT2D eigenvalue weighted by Gasteiger charge is -2.35. The molecule has 3 N–H and O–H groups in total. The van der Waals surface area contributed by atoms with Gasteiger partial charge < -0.3 is 20.0 Å². The third kappa shape index (κ3) is 12.3. The lowest BCUT2D eigenvalue weighted by molar-refractivity contribution is 0.0599. The lowest BCUT2D eigenvalue weighted by atomic mass is 9.97. The van der Waals surface area contributed by atoms with Crippen LogP contribution in [0.4, 0.5) is 17.2 Å². The Labute approximate surface area is 421 Å². The first-order chi connectivity index (χ1) is 32.8. The predicted octanol–water partition coefficient (Wildman–Crippen LogP) is 7.44. The molecule has 4 saturated heterocycles. The molecule has 0 radical (unpaired) electrons. The number of aryl methyl sites for hydroxylation is 4. The highest BCUT2D eigenvalue weighted by Gasteiger charge is 2.34. The molecule has 0 bridgehead atoms. The third-order valence-corrected chi connectivity index (χ3v) is 14.3. The number of aromatic nitrogens is 6. The SMILES string of the molecule is C1CNC1.Cc1ccc(NS(C)(=O)=O)c(C(=O)N2CCCC[C@H]2c2cc3nc(Cl)c(C)cn3n2)c1.Cc1ccc(NS(C)(=O)=O)c(C(=O)N2CCCC[C@H]2c2cc3nc(N4CCC4)c(C)cn3n2)c1.Cl. The Kier molecular flexibility index (Phi) is 16.3. The van der Waals surface area contributed by atoms with Gasteiger partial charge in [0.15, 0.2) is 11.3 Å². The van der Waals surface area contributed by atoms with Crippen molar-refractivity contribution in [2.24, 2.45) is 0 Å². The standard InChI is InChI=1S/C24H30N6O3S.C21H24ClN5O3S.C3H7N.ClH/c1-16-8-9-19(27-34(3,32)33)18(13-16)24(31)29-12-5-4-7-21(29)20-14-22-25-23(28-10-6-11-28)17(2)15-30(22)26-20;1-13-7-8-16(25-31(3,29)30)15(10-13)21(28)26-9-5-4-6-18(26)17-11-19-23-20(22)14(2)12-27(19)24-17;1-2-4-3-1;/h8-9,13-15,21,27H,4-7,10-12H2,1-3H3;7-8,10-12,18,25H,4-6,9H2,1-3H3;4H,1-3H2;1H/t21-;18-;;/m00../s1. The Morgan fingerprint density at radius 1 is 0.629 bits per heavy atom. The first kappa shape index (κ1) is 52.3. The monoisotopic (exact) mass is 1040 g/mol. The number of halogens is 2. The Balaban J connectivity index is 0.000000189. The van der Waals surface area contributed by atoms with Crippen LogP contribution in [-0.2, 0) is 20.0 Å². The number of hydrogen-bond acceptors (Lipinski definition) is 12. The van der Waals surface area contributed by atoms with Crippen LogP contribution in [0.15, 0.2) is 60.9 Å². The van der Waals surface area contributed by atoms with E-state index in [1.54, 1.807) is 50.3 Å². The quantitative estimate of drug-likeness (QED) is 0.121. The number of carbonyl (C=O) groups is 2. The van der Waals surface area contributed by atoms with E-state index in [4.69, 9.17) is 21.7 Å². The fourth-order valence-corrected chi connectivity index (χ4v) is 10.2. The predicted molar refractivity (Wildman–Crippen MR) is 277 cm³/mol. The number of nitrogens with one attached hydrogen (secondary N) is 3. The molecule has 0 saturated carbocycles. The molecule has 4 aromatic heterocycles. The van der Waals surface area contributed by atoms with E-state index in [1.807, 2.05) is 57.1 Å². The number of piperidine rings is 2. The van der Waals surface area contributed by atoms with E-state index in [0.29, 0.717) is 40.7 Å². The Morgan fingerprint density at radius 3 is 1.49 bits per heavy atom. The van der Waals surface area contributed by atoms with E-state index in [-0.39, 0.29) is 42.0 Å². The van der Waals surface area contributed by atoms with Crippen molar-refractivity contribution in [1.29, 1.82) is 0 Å². The van der Waals surface area contributed by atoms with Crippen molar-refractivity contribution in [2.75, 3.05) is 66.1 Å². The number of carbonyl (C=O) groups excluding carboxylic acids is 2. The Bertz CT molecular complexity index is 3080. The molecule has 0 aliphatic carbocycles. The van der Waals surface area contributed by atoms with Crippen molar-refractivity contribution < 1.29 is 26.4 Å². The number of amides is 2. The maximum atomic E-state index is 13.7. The number of hydrogen-bond donors (Lipinski definition) is 3. The average Bonchev–Trinajstić information content (AvgIpc) is 3.86. The Morgan fingerprint density at radius 2 is 1.07 bits per heavy atom. The smallest absolute Gasteiger partial charge is 0.256 e. The van der Waals surface area contributed by atoms with Crippen LogP contribution in [0, 0.1) is 27.7 Å². The molecule has 0 spiro atoms. The minimum atomic E-state index is -3.53. The van der Waals surface area contributed by atoms with Crippen LogP contribution in [0.25, 0.3) is 11.3 Å². The molecular formula is C48H62Cl2N12O6S2. The maximum absolute atomic E-state index is 13.7. The van der Waals surface area contributed by atoms with Gasteiger partial charge in [-0.3, -0.25) is 19.0 Å². The highest BCUT2D eigenvalue weighted by molar-refractivity contribution is 7.92. The highest BCUT2D eigenvalue weighted by atomic mass is 35.5. The normalized spacial score (nSPS) is 18.1. The second kappa shape index (κ2) is 21.8. The summed E-state index contributed by atoms with van der Waals surface area (Å²) in [5.74, 6) is 0.582. The van der Waals surface area contributed by atoms with Crippen molar-refractivity contribution in [3.63, 3.8) is 0 Å². The fraction of sp³-hybridized carbons (Fsp3) is 0.458. The molecule has 70 heavy (non-hydrogen) atoms. The van der Waals surface area contributed by atoms with Crippen LogP contribution in [-0.4, -0.2) is 119 Å². The Hall–Kier alpha value is -5.54. The van der Waals surface area contributed by atoms with Crippen LogP contribution < -0.4 is 19.7 Å². The molecule has 4 aliphatic rings. The molecule has 18 nitrogen and oxygen atoms in total. The molecule has 22 heteroatoms. The second-order valence-corrected chi connectivity index (χ2v) is 22.4. The van der Waals surface area contributed by atoms with Crippen LogP contribution in [0.1, 0.15) is 118 Å². The van der Waals surface area contributed by atoms with E-state index in [0.717, 1.165) is 109 Å². The summed E-state index contributed by atoms with van der Waals surface area (Å²) >= 11 is 6.15. The number of likely N-dealkylation sites (tertiary alicyclic amines) is 2. The zero-order valence-corrected chi connectivity index (χ0v) is 43.6. The average molecular weight is 1040 g/mol. The van der Waals surface area contributed by atoms with Gasteiger partial charge in [0.1, 0.15) is 11.0 Å². The molecule has 0 unspecified atom stereocenters. The fourth-order valence-electron chi connectivity index (χ4n) is 8.90. The zero-order valence-electron chi connectivity index (χ0n) is 40.4. The second-order valence-electron chi connectivity index (χ2n) is 18.5. The molecule has 2 aromatic carbocycles. The summed E-state index contributed by atoms with van der Waals surface area (Å²) in [6.07, 6.45) is 13.9. The minimum absolute atomic E-state index is 0. The van der Waals surface area contributed by atoms with Crippen LogP contribution >= 0.6 is 24.0 Å². The first-order valence-electron chi connectivity index (χ1n) is 23.5. The van der Waals surface area contributed by atoms with E-state index in [2.05, 4.69) is 29.7 Å². The van der Waals surface area contributed by atoms with Gasteiger partial charge in [0, 0.05) is 61.8 Å². The molecule has 6 aromatic rings. The van der Waals surface area contributed by atoms with Crippen molar-refractivity contribution in [1.82, 2.24) is 44.3 Å². The summed E-state index contributed by atoms with van der Waals surface area (Å²) in [5.41, 5.74) is 7.88. The van der Waals surface area contributed by atoms with Crippen LogP contribution in [0.2, 0.25) is 5.15 Å². The summed E-state index contributed by atoms with van der Waals surface area (Å²) in [6.45, 7) is 13.4. The first-order valence-corrected chi connectivity index (χ1v) is 27.6. The summed E-state index contributed by atoms with van der Waals surface area (Å²) in [4.78, 5) is 42.4. The van der Waals surface area contributed by atoms with Gasteiger partial charge in [-0.05, 0) is 116 Å². The summed E-state index contributed by atoms with van der Waals surface area (Å²) in [7, 11) is -7.05. The third-order valence-electron chi connectivity index (χ3n) is 12.7. The number of benzene rings is 2. The van der Waals surface area contributed by atoms with Gasteiger partial charge in [0.2, 0.25) is 20.0 Å². The number of rotatable bonds is 9. The summed E-state index contributed by atoms with van der Waals surface area (Å²) < 4.78 is 55.8. The van der Waals surface area contributed by atoms with Crippen molar-refractivity contribution >= 4 is 84.4 Å². The molecule has 376 valence electrons. The molecule has 4 aliphatic heterocycles. The number of sulfonamides is 2.